The standard InChI is InChI=1S/C18H12N2O2S/c21-17-14-7-3-4-8-15(14)18(22)20(17)11-12-5-1-2-6-13(12)16-19-9-10-23-16/h1-10H,11H2. The van der Waals surface area contributed by atoms with Gasteiger partial charge in [-0.1, -0.05) is 36.4 Å². The Morgan fingerprint density at radius 2 is 1.48 bits per heavy atom. The van der Waals surface area contributed by atoms with E-state index in [1.54, 1.807) is 30.5 Å². The summed E-state index contributed by atoms with van der Waals surface area (Å²) in [6.07, 6.45) is 1.75. The summed E-state index contributed by atoms with van der Waals surface area (Å²) in [5.41, 5.74) is 2.82. The summed E-state index contributed by atoms with van der Waals surface area (Å²) in [7, 11) is 0. The van der Waals surface area contributed by atoms with E-state index < -0.39 is 0 Å². The Labute approximate surface area is 137 Å². The van der Waals surface area contributed by atoms with Crippen molar-refractivity contribution >= 4 is 23.2 Å². The van der Waals surface area contributed by atoms with Crippen molar-refractivity contribution in [2.45, 2.75) is 6.54 Å². The van der Waals surface area contributed by atoms with Gasteiger partial charge in [0.25, 0.3) is 11.8 Å². The third kappa shape index (κ3) is 2.26. The first-order chi connectivity index (χ1) is 11.3. The first-order valence-corrected chi connectivity index (χ1v) is 8.06. The van der Waals surface area contributed by atoms with E-state index in [9.17, 15) is 9.59 Å². The highest BCUT2D eigenvalue weighted by atomic mass is 32.1. The van der Waals surface area contributed by atoms with Crippen LogP contribution in [0.3, 0.4) is 0 Å². The van der Waals surface area contributed by atoms with E-state index in [2.05, 4.69) is 4.98 Å². The molecule has 0 saturated carbocycles. The van der Waals surface area contributed by atoms with Gasteiger partial charge in [-0.05, 0) is 17.7 Å². The van der Waals surface area contributed by atoms with Crippen molar-refractivity contribution in [2.24, 2.45) is 0 Å². The maximum absolute atomic E-state index is 12.5. The lowest BCUT2D eigenvalue weighted by Gasteiger charge is -2.16. The Morgan fingerprint density at radius 1 is 0.870 bits per heavy atom. The topological polar surface area (TPSA) is 50.3 Å². The number of benzene rings is 2. The van der Waals surface area contributed by atoms with Crippen molar-refractivity contribution in [3.05, 3.63) is 76.8 Å². The van der Waals surface area contributed by atoms with Gasteiger partial charge in [-0.25, -0.2) is 4.98 Å². The van der Waals surface area contributed by atoms with Gasteiger partial charge in [0, 0.05) is 17.1 Å². The number of hydrogen-bond acceptors (Lipinski definition) is 4. The van der Waals surface area contributed by atoms with Crippen molar-refractivity contribution in [2.75, 3.05) is 0 Å². The highest BCUT2D eigenvalue weighted by Gasteiger charge is 2.35. The van der Waals surface area contributed by atoms with Crippen LogP contribution in [0.4, 0.5) is 0 Å². The lowest BCUT2D eigenvalue weighted by Crippen LogP contribution is -2.29. The summed E-state index contributed by atoms with van der Waals surface area (Å²) in [4.78, 5) is 30.6. The smallest absolute Gasteiger partial charge is 0.261 e. The summed E-state index contributed by atoms with van der Waals surface area (Å²) in [5, 5.41) is 2.80. The zero-order valence-electron chi connectivity index (χ0n) is 12.1. The highest BCUT2D eigenvalue weighted by molar-refractivity contribution is 7.13. The number of imide groups is 1. The van der Waals surface area contributed by atoms with Crippen molar-refractivity contribution in [3.8, 4) is 10.6 Å². The van der Waals surface area contributed by atoms with Crippen LogP contribution in [0.2, 0.25) is 0 Å². The lowest BCUT2D eigenvalue weighted by molar-refractivity contribution is 0.0642. The second-order valence-electron chi connectivity index (χ2n) is 5.24. The molecular weight excluding hydrogens is 308 g/mol. The molecule has 1 aromatic heterocycles. The molecule has 2 amide bonds. The second-order valence-corrected chi connectivity index (χ2v) is 6.13. The van der Waals surface area contributed by atoms with Crippen molar-refractivity contribution in [1.82, 2.24) is 9.88 Å². The van der Waals surface area contributed by atoms with Gasteiger partial charge in [0.2, 0.25) is 0 Å². The lowest BCUT2D eigenvalue weighted by atomic mass is 10.1. The zero-order chi connectivity index (χ0) is 15.8. The minimum atomic E-state index is -0.237. The maximum atomic E-state index is 12.5. The third-order valence-electron chi connectivity index (χ3n) is 3.89. The summed E-state index contributed by atoms with van der Waals surface area (Å²) in [5.74, 6) is -0.473. The van der Waals surface area contributed by atoms with Gasteiger partial charge in [-0.15, -0.1) is 11.3 Å². The normalized spacial score (nSPS) is 13.5. The minimum absolute atomic E-state index is 0.237. The van der Waals surface area contributed by atoms with E-state index in [1.807, 2.05) is 29.6 Å². The van der Waals surface area contributed by atoms with Gasteiger partial charge in [-0.3, -0.25) is 14.5 Å². The minimum Gasteiger partial charge on any atom is -0.270 e. The van der Waals surface area contributed by atoms with Crippen LogP contribution in [0.15, 0.2) is 60.1 Å². The first kappa shape index (κ1) is 13.8. The Hall–Kier alpha value is -2.79. The molecule has 4 nitrogen and oxygen atoms in total. The molecule has 3 aromatic rings. The molecule has 0 N–H and O–H groups in total. The Kier molecular flexibility index (Phi) is 3.28. The highest BCUT2D eigenvalue weighted by Crippen LogP contribution is 2.29. The molecular formula is C18H12N2O2S. The largest absolute Gasteiger partial charge is 0.270 e. The molecule has 1 aliphatic heterocycles. The van der Waals surface area contributed by atoms with Crippen LogP contribution in [0.5, 0.6) is 0 Å². The number of nitrogens with zero attached hydrogens (tertiary/aromatic N) is 2. The molecule has 0 saturated heterocycles. The van der Waals surface area contributed by atoms with Crippen LogP contribution in [0.25, 0.3) is 10.6 Å². The van der Waals surface area contributed by atoms with Crippen molar-refractivity contribution in [3.63, 3.8) is 0 Å². The molecule has 2 heterocycles. The molecule has 0 radical (unpaired) electrons. The number of carbonyl (C=O) groups is 2. The van der Waals surface area contributed by atoms with Gasteiger partial charge >= 0.3 is 0 Å². The monoisotopic (exact) mass is 320 g/mol. The number of thiazole rings is 1. The van der Waals surface area contributed by atoms with Gasteiger partial charge in [0.1, 0.15) is 5.01 Å². The summed E-state index contributed by atoms with van der Waals surface area (Å²) < 4.78 is 0. The van der Waals surface area contributed by atoms with E-state index in [1.165, 1.54) is 16.2 Å². The van der Waals surface area contributed by atoms with Crippen molar-refractivity contribution < 1.29 is 9.59 Å². The molecule has 23 heavy (non-hydrogen) atoms. The molecule has 5 heteroatoms. The predicted molar refractivity (Wildman–Crippen MR) is 88.2 cm³/mol. The molecule has 0 spiro atoms. The summed E-state index contributed by atoms with van der Waals surface area (Å²) in [6.45, 7) is 0.252. The molecule has 0 bridgehead atoms. The molecule has 0 fully saturated rings. The van der Waals surface area contributed by atoms with Crippen LogP contribution in [0, 0.1) is 0 Å². The Bertz CT molecular complexity index is 868. The molecule has 0 aliphatic carbocycles. The number of amides is 2. The fourth-order valence-corrected chi connectivity index (χ4v) is 3.47. The van der Waals surface area contributed by atoms with Crippen LogP contribution in [0.1, 0.15) is 26.3 Å². The maximum Gasteiger partial charge on any atom is 0.261 e. The molecule has 1 aliphatic rings. The van der Waals surface area contributed by atoms with Gasteiger partial charge in [-0.2, -0.15) is 0 Å². The van der Waals surface area contributed by atoms with Crippen molar-refractivity contribution in [1.29, 1.82) is 0 Å². The third-order valence-corrected chi connectivity index (χ3v) is 4.69. The van der Waals surface area contributed by atoms with E-state index >= 15 is 0 Å². The summed E-state index contributed by atoms with van der Waals surface area (Å²) in [6, 6.07) is 14.7. The average molecular weight is 320 g/mol. The van der Waals surface area contributed by atoms with Crippen LogP contribution >= 0.6 is 11.3 Å². The van der Waals surface area contributed by atoms with E-state index in [-0.39, 0.29) is 18.4 Å². The number of fused-ring (bicyclic) bond motifs is 1. The quantitative estimate of drug-likeness (QED) is 0.693. The SMILES string of the molecule is O=C1c2ccccc2C(=O)N1Cc1ccccc1-c1nccs1. The van der Waals surface area contributed by atoms with Gasteiger partial charge < -0.3 is 0 Å². The predicted octanol–water partition coefficient (Wildman–Crippen LogP) is 3.61. The zero-order valence-corrected chi connectivity index (χ0v) is 12.9. The molecule has 112 valence electrons. The fraction of sp³-hybridized carbons (Fsp3) is 0.0556. The average Bonchev–Trinajstić information content (AvgIpc) is 3.20. The molecule has 0 atom stereocenters. The number of hydrogen-bond donors (Lipinski definition) is 0. The number of aromatic nitrogens is 1. The molecule has 4 rings (SSSR count). The van der Waals surface area contributed by atoms with Crippen LogP contribution < -0.4 is 0 Å². The van der Waals surface area contributed by atoms with E-state index in [0.29, 0.717) is 11.1 Å². The fourth-order valence-electron chi connectivity index (χ4n) is 2.78. The molecule has 0 unspecified atom stereocenters. The number of carbonyl (C=O) groups excluding carboxylic acids is 2. The number of rotatable bonds is 3. The molecule has 2 aromatic carbocycles. The van der Waals surface area contributed by atoms with Crippen LogP contribution in [-0.4, -0.2) is 21.7 Å². The van der Waals surface area contributed by atoms with E-state index in [0.717, 1.165) is 16.1 Å². The Morgan fingerprint density at radius 3 is 2.09 bits per heavy atom. The van der Waals surface area contributed by atoms with E-state index in [4.69, 9.17) is 0 Å². The van der Waals surface area contributed by atoms with Gasteiger partial charge in [0.05, 0.1) is 17.7 Å². The van der Waals surface area contributed by atoms with Crippen LogP contribution in [-0.2, 0) is 6.54 Å². The van der Waals surface area contributed by atoms with Gasteiger partial charge in [0.15, 0.2) is 0 Å². The Balaban J connectivity index is 1.71. The summed E-state index contributed by atoms with van der Waals surface area (Å²) >= 11 is 1.54. The first-order valence-electron chi connectivity index (χ1n) is 7.18. The second kappa shape index (κ2) is 5.44.